The summed E-state index contributed by atoms with van der Waals surface area (Å²) in [5, 5.41) is 12.3. The number of carbonyl (C=O) groups is 2. The van der Waals surface area contributed by atoms with Crippen molar-refractivity contribution in [2.75, 3.05) is 6.54 Å². The summed E-state index contributed by atoms with van der Waals surface area (Å²) < 4.78 is 0.975. The van der Waals surface area contributed by atoms with Gasteiger partial charge < -0.3 is 10.4 Å². The van der Waals surface area contributed by atoms with Crippen LogP contribution in [-0.2, 0) is 21.4 Å². The number of hydrogen-bond donors (Lipinski definition) is 2. The smallest absolute Gasteiger partial charge is 0.315 e. The molecule has 4 nitrogen and oxygen atoms in total. The standard InChI is InChI=1S/C19H20BrNO3/c1-19(18(23)24,15-7-3-2-4-8-15)13-21-17(22)11-10-14-6-5-9-16(20)12-14/h2-9,12H,10-11,13H2,1H3,(H,21,22)(H,23,24). The van der Waals surface area contributed by atoms with Gasteiger partial charge in [-0.3, -0.25) is 9.59 Å². The minimum Gasteiger partial charge on any atom is -0.481 e. The number of carboxylic acid groups (broad SMARTS) is 1. The SMILES string of the molecule is CC(CNC(=O)CCc1cccc(Br)c1)(C(=O)O)c1ccccc1. The zero-order valence-corrected chi connectivity index (χ0v) is 15.0. The number of benzene rings is 2. The van der Waals surface area contributed by atoms with Gasteiger partial charge in [0.2, 0.25) is 5.91 Å². The van der Waals surface area contributed by atoms with Crippen LogP contribution in [0.1, 0.15) is 24.5 Å². The zero-order valence-electron chi connectivity index (χ0n) is 13.5. The van der Waals surface area contributed by atoms with Gasteiger partial charge in [0.15, 0.2) is 0 Å². The Balaban J connectivity index is 1.95. The summed E-state index contributed by atoms with van der Waals surface area (Å²) in [7, 11) is 0. The van der Waals surface area contributed by atoms with Gasteiger partial charge in [-0.25, -0.2) is 0 Å². The molecule has 0 heterocycles. The highest BCUT2D eigenvalue weighted by molar-refractivity contribution is 9.10. The number of aryl methyl sites for hydroxylation is 1. The van der Waals surface area contributed by atoms with E-state index in [-0.39, 0.29) is 12.5 Å². The van der Waals surface area contributed by atoms with Crippen molar-refractivity contribution in [1.82, 2.24) is 5.32 Å². The largest absolute Gasteiger partial charge is 0.481 e. The Morgan fingerprint density at radius 2 is 1.83 bits per heavy atom. The molecule has 0 fully saturated rings. The van der Waals surface area contributed by atoms with Crippen LogP contribution in [0.15, 0.2) is 59.1 Å². The molecular formula is C19H20BrNO3. The number of carboxylic acids is 1. The molecule has 0 spiro atoms. The van der Waals surface area contributed by atoms with Crippen molar-refractivity contribution < 1.29 is 14.7 Å². The highest BCUT2D eigenvalue weighted by atomic mass is 79.9. The number of aliphatic carboxylic acids is 1. The number of nitrogens with one attached hydrogen (secondary N) is 1. The molecule has 0 aliphatic rings. The summed E-state index contributed by atoms with van der Waals surface area (Å²) in [6.45, 7) is 1.68. The Morgan fingerprint density at radius 3 is 2.46 bits per heavy atom. The van der Waals surface area contributed by atoms with Crippen LogP contribution in [0.5, 0.6) is 0 Å². The molecule has 126 valence electrons. The first kappa shape index (κ1) is 18.2. The van der Waals surface area contributed by atoms with Crippen molar-refractivity contribution in [3.05, 3.63) is 70.2 Å². The Labute approximate surface area is 150 Å². The predicted molar refractivity (Wildman–Crippen MR) is 96.9 cm³/mol. The highest BCUT2D eigenvalue weighted by Gasteiger charge is 2.35. The first-order valence-electron chi connectivity index (χ1n) is 7.72. The Kier molecular flexibility index (Phi) is 6.15. The molecule has 0 saturated carbocycles. The molecule has 2 aromatic rings. The molecule has 2 N–H and O–H groups in total. The summed E-state index contributed by atoms with van der Waals surface area (Å²) in [5.41, 5.74) is 0.584. The van der Waals surface area contributed by atoms with Gasteiger partial charge in [-0.05, 0) is 36.6 Å². The van der Waals surface area contributed by atoms with E-state index in [0.717, 1.165) is 10.0 Å². The Hall–Kier alpha value is -2.14. The molecule has 0 radical (unpaired) electrons. The monoisotopic (exact) mass is 389 g/mol. The van der Waals surface area contributed by atoms with Crippen LogP contribution in [0.4, 0.5) is 0 Å². The number of hydrogen-bond acceptors (Lipinski definition) is 2. The van der Waals surface area contributed by atoms with E-state index in [4.69, 9.17) is 0 Å². The van der Waals surface area contributed by atoms with Crippen molar-refractivity contribution in [2.24, 2.45) is 0 Å². The lowest BCUT2D eigenvalue weighted by Gasteiger charge is -2.25. The summed E-state index contributed by atoms with van der Waals surface area (Å²) in [5.74, 6) is -1.11. The van der Waals surface area contributed by atoms with Crippen LogP contribution in [-0.4, -0.2) is 23.5 Å². The van der Waals surface area contributed by atoms with E-state index in [1.165, 1.54) is 0 Å². The maximum absolute atomic E-state index is 12.1. The fourth-order valence-electron chi connectivity index (χ4n) is 2.42. The summed E-state index contributed by atoms with van der Waals surface area (Å²) >= 11 is 3.40. The minimum atomic E-state index is -1.15. The van der Waals surface area contributed by atoms with Crippen LogP contribution < -0.4 is 5.32 Å². The lowest BCUT2D eigenvalue weighted by Crippen LogP contribution is -2.44. The molecule has 0 bridgehead atoms. The number of amides is 1. The molecule has 2 aromatic carbocycles. The van der Waals surface area contributed by atoms with Gasteiger partial charge in [-0.1, -0.05) is 58.4 Å². The Morgan fingerprint density at radius 1 is 1.12 bits per heavy atom. The molecule has 24 heavy (non-hydrogen) atoms. The third-order valence-corrected chi connectivity index (χ3v) is 4.55. The number of carbonyl (C=O) groups excluding carboxylic acids is 1. The fourth-order valence-corrected chi connectivity index (χ4v) is 2.87. The van der Waals surface area contributed by atoms with E-state index in [2.05, 4.69) is 21.2 Å². The molecule has 1 atom stereocenters. The zero-order chi connectivity index (χ0) is 17.6. The second-order valence-corrected chi connectivity index (χ2v) is 6.83. The molecule has 1 unspecified atom stereocenters. The summed E-state index contributed by atoms with van der Waals surface area (Å²) in [6.07, 6.45) is 0.932. The maximum atomic E-state index is 12.1. The fraction of sp³-hybridized carbons (Fsp3) is 0.263. The minimum absolute atomic E-state index is 0.0592. The predicted octanol–water partition coefficient (Wildman–Crippen LogP) is 3.54. The van der Waals surface area contributed by atoms with Crippen molar-refractivity contribution in [3.63, 3.8) is 0 Å². The summed E-state index contributed by atoms with van der Waals surface area (Å²) in [6, 6.07) is 16.8. The lowest BCUT2D eigenvalue weighted by atomic mass is 9.82. The quantitative estimate of drug-likeness (QED) is 0.760. The third-order valence-electron chi connectivity index (χ3n) is 4.05. The van der Waals surface area contributed by atoms with Crippen molar-refractivity contribution in [2.45, 2.75) is 25.2 Å². The van der Waals surface area contributed by atoms with Gasteiger partial charge >= 0.3 is 5.97 Å². The van der Waals surface area contributed by atoms with Crippen LogP contribution in [0.25, 0.3) is 0 Å². The van der Waals surface area contributed by atoms with Crippen LogP contribution in [0.2, 0.25) is 0 Å². The van der Waals surface area contributed by atoms with Crippen LogP contribution in [0, 0.1) is 0 Å². The van der Waals surface area contributed by atoms with Gasteiger partial charge in [-0.2, -0.15) is 0 Å². The van der Waals surface area contributed by atoms with Gasteiger partial charge in [-0.15, -0.1) is 0 Å². The average Bonchev–Trinajstić information content (AvgIpc) is 2.58. The highest BCUT2D eigenvalue weighted by Crippen LogP contribution is 2.23. The van der Waals surface area contributed by atoms with E-state index in [0.29, 0.717) is 18.4 Å². The van der Waals surface area contributed by atoms with E-state index in [1.807, 2.05) is 30.3 Å². The molecule has 0 aliphatic carbocycles. The van der Waals surface area contributed by atoms with Gasteiger partial charge in [0.05, 0.1) is 0 Å². The average molecular weight is 390 g/mol. The first-order valence-corrected chi connectivity index (χ1v) is 8.51. The van der Waals surface area contributed by atoms with Crippen molar-refractivity contribution in [3.8, 4) is 0 Å². The van der Waals surface area contributed by atoms with Gasteiger partial charge in [0.25, 0.3) is 0 Å². The molecule has 2 rings (SSSR count). The molecule has 0 aliphatic heterocycles. The van der Waals surface area contributed by atoms with Gasteiger partial charge in [0, 0.05) is 17.4 Å². The topological polar surface area (TPSA) is 66.4 Å². The molecule has 0 saturated heterocycles. The first-order chi connectivity index (χ1) is 11.4. The lowest BCUT2D eigenvalue weighted by molar-refractivity contribution is -0.143. The molecule has 1 amide bonds. The molecule has 5 heteroatoms. The van der Waals surface area contributed by atoms with Gasteiger partial charge in [0.1, 0.15) is 5.41 Å². The molecule has 0 aromatic heterocycles. The third kappa shape index (κ3) is 4.68. The summed E-state index contributed by atoms with van der Waals surface area (Å²) in [4.78, 5) is 23.8. The van der Waals surface area contributed by atoms with Crippen LogP contribution >= 0.6 is 15.9 Å². The van der Waals surface area contributed by atoms with E-state index in [1.54, 1.807) is 31.2 Å². The van der Waals surface area contributed by atoms with Crippen LogP contribution in [0.3, 0.4) is 0 Å². The van der Waals surface area contributed by atoms with E-state index in [9.17, 15) is 14.7 Å². The Bertz CT molecular complexity index is 718. The second-order valence-electron chi connectivity index (χ2n) is 5.91. The second kappa shape index (κ2) is 8.11. The maximum Gasteiger partial charge on any atom is 0.315 e. The van der Waals surface area contributed by atoms with Crippen molar-refractivity contribution >= 4 is 27.8 Å². The van der Waals surface area contributed by atoms with Crippen molar-refractivity contribution in [1.29, 1.82) is 0 Å². The number of halogens is 1. The number of rotatable bonds is 7. The normalized spacial score (nSPS) is 13.1. The van der Waals surface area contributed by atoms with E-state index < -0.39 is 11.4 Å². The van der Waals surface area contributed by atoms with E-state index >= 15 is 0 Å². The molecular weight excluding hydrogens is 370 g/mol.